The van der Waals surface area contributed by atoms with Gasteiger partial charge in [-0.3, -0.25) is 0 Å². The Balaban J connectivity index is 2.89. The van der Waals surface area contributed by atoms with Crippen LogP contribution in [0.5, 0.6) is 0 Å². The lowest BCUT2D eigenvalue weighted by atomic mass is 9.88. The minimum Gasteiger partial charge on any atom is -0.345 e. The Kier molecular flexibility index (Phi) is 4.79. The van der Waals surface area contributed by atoms with Crippen LogP contribution in [-0.4, -0.2) is 9.97 Å². The number of hydrogen-bond donors (Lipinski definition) is 1. The Morgan fingerprint density at radius 3 is 2.24 bits per heavy atom. The zero-order chi connectivity index (χ0) is 13.1. The summed E-state index contributed by atoms with van der Waals surface area (Å²) >= 11 is 0. The van der Waals surface area contributed by atoms with Crippen LogP contribution in [0.15, 0.2) is 0 Å². The number of nitrogens with one attached hydrogen (secondary N) is 1. The molecule has 0 unspecified atom stereocenters. The van der Waals surface area contributed by atoms with Crippen molar-refractivity contribution in [2.24, 2.45) is 0 Å². The first-order chi connectivity index (χ1) is 7.86. The summed E-state index contributed by atoms with van der Waals surface area (Å²) in [5, 5.41) is 0. The SMILES string of the molecule is CCCCCc1nc(C(C)(C)C)c(C(C)C)[nH]1. The monoisotopic (exact) mass is 236 g/mol. The average Bonchev–Trinajstić information content (AvgIpc) is 2.62. The van der Waals surface area contributed by atoms with E-state index in [1.54, 1.807) is 0 Å². The smallest absolute Gasteiger partial charge is 0.106 e. The predicted octanol–water partition coefficient (Wildman–Crippen LogP) is 4.56. The topological polar surface area (TPSA) is 28.7 Å². The maximum Gasteiger partial charge on any atom is 0.106 e. The molecule has 0 aromatic carbocycles. The largest absolute Gasteiger partial charge is 0.345 e. The predicted molar refractivity (Wildman–Crippen MR) is 74.6 cm³/mol. The normalized spacial score (nSPS) is 12.4. The molecular weight excluding hydrogens is 208 g/mol. The number of unbranched alkanes of at least 4 members (excludes halogenated alkanes) is 2. The molecule has 2 nitrogen and oxygen atoms in total. The fraction of sp³-hybridized carbons (Fsp3) is 0.800. The molecule has 1 rings (SSSR count). The van der Waals surface area contributed by atoms with Crippen molar-refractivity contribution in [2.45, 2.75) is 78.6 Å². The summed E-state index contributed by atoms with van der Waals surface area (Å²) in [7, 11) is 0. The highest BCUT2D eigenvalue weighted by molar-refractivity contribution is 5.25. The van der Waals surface area contributed by atoms with Gasteiger partial charge in [-0.2, -0.15) is 0 Å². The standard InChI is InChI=1S/C15H28N2/c1-7-8-9-10-12-16-13(11(2)3)14(17-12)15(4,5)6/h11H,7-10H2,1-6H3,(H,16,17). The van der Waals surface area contributed by atoms with Crippen molar-refractivity contribution in [3.63, 3.8) is 0 Å². The molecule has 0 saturated carbocycles. The molecule has 0 atom stereocenters. The number of hydrogen-bond acceptors (Lipinski definition) is 1. The maximum atomic E-state index is 4.82. The lowest BCUT2D eigenvalue weighted by molar-refractivity contribution is 0.557. The van der Waals surface area contributed by atoms with Gasteiger partial charge in [-0.1, -0.05) is 54.4 Å². The molecule has 0 radical (unpaired) electrons. The number of H-pyrrole nitrogens is 1. The highest BCUT2D eigenvalue weighted by Crippen LogP contribution is 2.28. The number of aromatic nitrogens is 2. The van der Waals surface area contributed by atoms with E-state index in [0.29, 0.717) is 5.92 Å². The summed E-state index contributed by atoms with van der Waals surface area (Å²) in [5.41, 5.74) is 2.71. The van der Waals surface area contributed by atoms with Gasteiger partial charge in [-0.15, -0.1) is 0 Å². The third kappa shape index (κ3) is 3.86. The molecule has 17 heavy (non-hydrogen) atoms. The summed E-state index contributed by atoms with van der Waals surface area (Å²) in [6.07, 6.45) is 4.89. The zero-order valence-corrected chi connectivity index (χ0v) is 12.4. The molecule has 2 heteroatoms. The van der Waals surface area contributed by atoms with Gasteiger partial charge in [0.25, 0.3) is 0 Å². The van der Waals surface area contributed by atoms with Gasteiger partial charge in [0.2, 0.25) is 0 Å². The van der Waals surface area contributed by atoms with Crippen LogP contribution in [0.25, 0.3) is 0 Å². The van der Waals surface area contributed by atoms with Gasteiger partial charge in [-0.25, -0.2) is 4.98 Å². The van der Waals surface area contributed by atoms with Crippen LogP contribution in [-0.2, 0) is 11.8 Å². The fourth-order valence-corrected chi connectivity index (χ4v) is 2.09. The number of rotatable bonds is 5. The Hall–Kier alpha value is -0.790. The highest BCUT2D eigenvalue weighted by Gasteiger charge is 2.23. The summed E-state index contributed by atoms with van der Waals surface area (Å²) in [4.78, 5) is 8.35. The van der Waals surface area contributed by atoms with Gasteiger partial charge in [0.15, 0.2) is 0 Å². The second-order valence-corrected chi connectivity index (χ2v) is 6.31. The van der Waals surface area contributed by atoms with E-state index in [-0.39, 0.29) is 5.41 Å². The van der Waals surface area contributed by atoms with Crippen molar-refractivity contribution in [1.82, 2.24) is 9.97 Å². The van der Waals surface area contributed by atoms with Gasteiger partial charge in [0.1, 0.15) is 5.82 Å². The van der Waals surface area contributed by atoms with Crippen LogP contribution in [0.4, 0.5) is 0 Å². The summed E-state index contributed by atoms with van der Waals surface area (Å²) in [5.74, 6) is 1.70. The first-order valence-corrected chi connectivity index (χ1v) is 6.95. The van der Waals surface area contributed by atoms with Crippen molar-refractivity contribution in [2.75, 3.05) is 0 Å². The van der Waals surface area contributed by atoms with Crippen molar-refractivity contribution in [3.8, 4) is 0 Å². The van der Waals surface area contributed by atoms with Crippen LogP contribution in [0.2, 0.25) is 0 Å². The molecule has 1 N–H and O–H groups in total. The van der Waals surface area contributed by atoms with E-state index in [9.17, 15) is 0 Å². The molecule has 0 spiro atoms. The Labute approximate surface area is 106 Å². The van der Waals surface area contributed by atoms with Gasteiger partial charge in [0, 0.05) is 17.5 Å². The van der Waals surface area contributed by atoms with Crippen LogP contribution in [0.1, 0.15) is 83.9 Å². The maximum absolute atomic E-state index is 4.82. The molecule has 0 aliphatic heterocycles. The molecule has 0 aliphatic carbocycles. The molecule has 98 valence electrons. The average molecular weight is 236 g/mol. The molecule has 0 saturated heterocycles. The minimum absolute atomic E-state index is 0.138. The lowest BCUT2D eigenvalue weighted by Crippen LogP contribution is -2.15. The van der Waals surface area contributed by atoms with Crippen LogP contribution in [0, 0.1) is 0 Å². The van der Waals surface area contributed by atoms with Crippen LogP contribution < -0.4 is 0 Å². The molecule has 0 aliphatic rings. The van der Waals surface area contributed by atoms with Crippen molar-refractivity contribution >= 4 is 0 Å². The third-order valence-corrected chi connectivity index (χ3v) is 3.09. The number of aryl methyl sites for hydroxylation is 1. The summed E-state index contributed by atoms with van der Waals surface area (Å²) < 4.78 is 0. The molecule has 1 aromatic rings. The molecule has 0 amide bonds. The number of nitrogens with zero attached hydrogens (tertiary/aromatic N) is 1. The minimum atomic E-state index is 0.138. The van der Waals surface area contributed by atoms with E-state index in [2.05, 4.69) is 46.5 Å². The second-order valence-electron chi connectivity index (χ2n) is 6.31. The number of imidazole rings is 1. The van der Waals surface area contributed by atoms with Gasteiger partial charge < -0.3 is 4.98 Å². The molecular formula is C15H28N2. The van der Waals surface area contributed by atoms with Crippen LogP contribution in [0.3, 0.4) is 0 Å². The Morgan fingerprint density at radius 1 is 1.18 bits per heavy atom. The van der Waals surface area contributed by atoms with Gasteiger partial charge >= 0.3 is 0 Å². The van der Waals surface area contributed by atoms with E-state index >= 15 is 0 Å². The van der Waals surface area contributed by atoms with E-state index in [1.165, 1.54) is 36.5 Å². The Morgan fingerprint density at radius 2 is 1.82 bits per heavy atom. The van der Waals surface area contributed by atoms with E-state index in [4.69, 9.17) is 4.98 Å². The summed E-state index contributed by atoms with van der Waals surface area (Å²) in [6, 6.07) is 0. The second kappa shape index (κ2) is 5.70. The fourth-order valence-electron chi connectivity index (χ4n) is 2.09. The van der Waals surface area contributed by atoms with Gasteiger partial charge in [0.05, 0.1) is 5.69 Å². The first kappa shape index (κ1) is 14.3. The summed E-state index contributed by atoms with van der Waals surface area (Å²) in [6.45, 7) is 13.4. The zero-order valence-electron chi connectivity index (χ0n) is 12.4. The highest BCUT2D eigenvalue weighted by atomic mass is 14.9. The first-order valence-electron chi connectivity index (χ1n) is 6.95. The molecule has 0 fully saturated rings. The Bertz CT molecular complexity index is 342. The quantitative estimate of drug-likeness (QED) is 0.746. The molecule has 1 aromatic heterocycles. The van der Waals surface area contributed by atoms with E-state index < -0.39 is 0 Å². The van der Waals surface area contributed by atoms with Crippen molar-refractivity contribution in [3.05, 3.63) is 17.2 Å². The molecule has 1 heterocycles. The third-order valence-electron chi connectivity index (χ3n) is 3.09. The van der Waals surface area contributed by atoms with Crippen molar-refractivity contribution < 1.29 is 0 Å². The molecule has 0 bridgehead atoms. The number of aromatic amines is 1. The van der Waals surface area contributed by atoms with Crippen LogP contribution >= 0.6 is 0 Å². The van der Waals surface area contributed by atoms with Crippen molar-refractivity contribution in [1.29, 1.82) is 0 Å². The van der Waals surface area contributed by atoms with Gasteiger partial charge in [-0.05, 0) is 12.3 Å². The van der Waals surface area contributed by atoms with E-state index in [0.717, 1.165) is 6.42 Å². The lowest BCUT2D eigenvalue weighted by Gasteiger charge is -2.18. The van der Waals surface area contributed by atoms with E-state index in [1.807, 2.05) is 0 Å².